The van der Waals surface area contributed by atoms with Gasteiger partial charge in [-0.05, 0) is 24.3 Å². The van der Waals surface area contributed by atoms with E-state index in [-0.39, 0.29) is 11.3 Å². The van der Waals surface area contributed by atoms with Crippen LogP contribution < -0.4 is 0 Å². The number of carbonyl (C=O) groups excluding carboxylic acids is 1. The molecule has 0 aliphatic carbocycles. The molecule has 0 unspecified atom stereocenters. The smallest absolute Gasteiger partial charge is 0.340 e. The normalized spacial score (nSPS) is 32.7. The molecule has 8 heteroatoms. The Balaban J connectivity index is 2.07. The third kappa shape index (κ3) is 3.31. The first kappa shape index (κ1) is 15.7. The standard InChI is InChI=1S/C13H16O8/c14-5-8-9(16)10(17)11(18)13(20-8)21-12(19)6-1-3-7(15)4-2-6/h1-4,8-11,13-18H,5H2/t8-,9-,10+,11-,13+/m1/s1. The third-order valence-electron chi connectivity index (χ3n) is 3.17. The van der Waals surface area contributed by atoms with Crippen LogP contribution in [0.25, 0.3) is 0 Å². The van der Waals surface area contributed by atoms with Gasteiger partial charge >= 0.3 is 5.97 Å². The molecule has 8 nitrogen and oxygen atoms in total. The Hall–Kier alpha value is -1.71. The van der Waals surface area contributed by atoms with E-state index in [1.807, 2.05) is 0 Å². The summed E-state index contributed by atoms with van der Waals surface area (Å²) < 4.78 is 9.95. The van der Waals surface area contributed by atoms with Crippen LogP contribution in [0.5, 0.6) is 5.75 Å². The number of esters is 1. The molecule has 0 saturated carbocycles. The minimum atomic E-state index is -1.65. The average molecular weight is 300 g/mol. The maximum atomic E-state index is 11.9. The molecule has 1 aliphatic rings. The number of phenolic OH excluding ortho intramolecular Hbond substituents is 1. The first-order chi connectivity index (χ1) is 9.93. The zero-order valence-electron chi connectivity index (χ0n) is 10.9. The molecule has 1 aromatic carbocycles. The lowest BCUT2D eigenvalue weighted by molar-refractivity contribution is -0.285. The average Bonchev–Trinajstić information content (AvgIpc) is 2.48. The summed E-state index contributed by atoms with van der Waals surface area (Å²) in [5, 5.41) is 47.0. The minimum Gasteiger partial charge on any atom is -0.508 e. The van der Waals surface area contributed by atoms with Crippen molar-refractivity contribution in [2.24, 2.45) is 0 Å². The lowest BCUT2D eigenvalue weighted by Gasteiger charge is -2.39. The second kappa shape index (κ2) is 6.37. The van der Waals surface area contributed by atoms with Gasteiger partial charge in [-0.25, -0.2) is 4.79 Å². The van der Waals surface area contributed by atoms with Crippen LogP contribution in [0.15, 0.2) is 24.3 Å². The first-order valence-corrected chi connectivity index (χ1v) is 6.24. The Labute approximate surface area is 119 Å². The Kier molecular flexibility index (Phi) is 4.76. The summed E-state index contributed by atoms with van der Waals surface area (Å²) in [5.41, 5.74) is 0.102. The van der Waals surface area contributed by atoms with E-state index in [0.717, 1.165) is 0 Å². The SMILES string of the molecule is O=C(O[C@@H]1O[C@H](CO)[C@@H](O)[C@H](O)[C@H]1O)c1ccc(O)cc1. The van der Waals surface area contributed by atoms with E-state index in [9.17, 15) is 20.1 Å². The Morgan fingerprint density at radius 2 is 1.71 bits per heavy atom. The van der Waals surface area contributed by atoms with Crippen molar-refractivity contribution in [3.8, 4) is 5.75 Å². The summed E-state index contributed by atoms with van der Waals surface area (Å²) in [6.07, 6.45) is -7.46. The van der Waals surface area contributed by atoms with Gasteiger partial charge in [-0.2, -0.15) is 0 Å². The van der Waals surface area contributed by atoms with Gasteiger partial charge in [0, 0.05) is 0 Å². The van der Waals surface area contributed by atoms with Gasteiger partial charge in [0.15, 0.2) is 0 Å². The summed E-state index contributed by atoms with van der Waals surface area (Å²) >= 11 is 0. The Bertz CT molecular complexity index is 485. The van der Waals surface area contributed by atoms with Gasteiger partial charge in [-0.15, -0.1) is 0 Å². The molecule has 0 bridgehead atoms. The van der Waals surface area contributed by atoms with Gasteiger partial charge in [0.25, 0.3) is 0 Å². The summed E-state index contributed by atoms with van der Waals surface area (Å²) in [5.74, 6) is -0.876. The third-order valence-corrected chi connectivity index (χ3v) is 3.17. The van der Waals surface area contributed by atoms with Crippen LogP contribution in [0, 0.1) is 0 Å². The summed E-state index contributed by atoms with van der Waals surface area (Å²) in [6.45, 7) is -0.613. The summed E-state index contributed by atoms with van der Waals surface area (Å²) in [7, 11) is 0. The lowest BCUT2D eigenvalue weighted by atomic mass is 9.99. The van der Waals surface area contributed by atoms with Crippen LogP contribution in [0.4, 0.5) is 0 Å². The number of hydrogen-bond acceptors (Lipinski definition) is 8. The van der Waals surface area contributed by atoms with Gasteiger partial charge in [0.2, 0.25) is 6.29 Å². The fourth-order valence-electron chi connectivity index (χ4n) is 1.94. The fraction of sp³-hybridized carbons (Fsp3) is 0.462. The van der Waals surface area contributed by atoms with E-state index in [1.165, 1.54) is 24.3 Å². The molecule has 2 rings (SSSR count). The number of aliphatic hydroxyl groups is 4. The molecular formula is C13H16O8. The van der Waals surface area contributed by atoms with Gasteiger partial charge in [-0.1, -0.05) is 0 Å². The van der Waals surface area contributed by atoms with Crippen molar-refractivity contribution in [2.45, 2.75) is 30.7 Å². The fourth-order valence-corrected chi connectivity index (χ4v) is 1.94. The molecular weight excluding hydrogens is 284 g/mol. The molecule has 1 aliphatic heterocycles. The molecule has 0 aromatic heterocycles. The highest BCUT2D eigenvalue weighted by molar-refractivity contribution is 5.89. The Morgan fingerprint density at radius 1 is 1.10 bits per heavy atom. The number of phenols is 1. The zero-order chi connectivity index (χ0) is 15.6. The number of rotatable bonds is 3. The van der Waals surface area contributed by atoms with E-state index in [1.54, 1.807) is 0 Å². The molecule has 1 aromatic rings. The van der Waals surface area contributed by atoms with E-state index in [2.05, 4.69) is 0 Å². The van der Waals surface area contributed by atoms with Crippen molar-refractivity contribution in [1.29, 1.82) is 0 Å². The number of carbonyl (C=O) groups is 1. The highest BCUT2D eigenvalue weighted by Gasteiger charge is 2.45. The molecule has 5 atom stereocenters. The van der Waals surface area contributed by atoms with Gasteiger partial charge in [0.05, 0.1) is 12.2 Å². The Morgan fingerprint density at radius 3 is 2.29 bits per heavy atom. The van der Waals surface area contributed by atoms with Crippen molar-refractivity contribution in [1.82, 2.24) is 0 Å². The van der Waals surface area contributed by atoms with E-state index in [4.69, 9.17) is 19.7 Å². The molecule has 1 saturated heterocycles. The molecule has 21 heavy (non-hydrogen) atoms. The van der Waals surface area contributed by atoms with Crippen LogP contribution in [0.2, 0.25) is 0 Å². The van der Waals surface area contributed by atoms with E-state index < -0.39 is 43.3 Å². The molecule has 0 amide bonds. The largest absolute Gasteiger partial charge is 0.508 e. The van der Waals surface area contributed by atoms with E-state index >= 15 is 0 Å². The van der Waals surface area contributed by atoms with Gasteiger partial charge in [0.1, 0.15) is 30.2 Å². The molecule has 116 valence electrons. The second-order valence-electron chi connectivity index (χ2n) is 4.65. The number of benzene rings is 1. The molecule has 5 N–H and O–H groups in total. The molecule has 1 heterocycles. The van der Waals surface area contributed by atoms with Crippen molar-refractivity contribution in [3.63, 3.8) is 0 Å². The molecule has 0 radical (unpaired) electrons. The maximum Gasteiger partial charge on any atom is 0.340 e. The van der Waals surface area contributed by atoms with Crippen molar-refractivity contribution >= 4 is 5.97 Å². The predicted molar refractivity (Wildman–Crippen MR) is 67.3 cm³/mol. The monoisotopic (exact) mass is 300 g/mol. The number of aromatic hydroxyl groups is 1. The predicted octanol–water partition coefficient (Wildman–Crippen LogP) is -1.65. The van der Waals surface area contributed by atoms with Crippen LogP contribution in [-0.4, -0.2) is 68.8 Å². The second-order valence-corrected chi connectivity index (χ2v) is 4.65. The number of aliphatic hydroxyl groups excluding tert-OH is 4. The van der Waals surface area contributed by atoms with Crippen LogP contribution in [0.3, 0.4) is 0 Å². The van der Waals surface area contributed by atoms with Crippen molar-refractivity contribution in [2.75, 3.05) is 6.61 Å². The maximum absolute atomic E-state index is 11.9. The molecule has 0 spiro atoms. The van der Waals surface area contributed by atoms with Gasteiger partial charge < -0.3 is 35.0 Å². The first-order valence-electron chi connectivity index (χ1n) is 6.24. The summed E-state index contributed by atoms with van der Waals surface area (Å²) in [4.78, 5) is 11.9. The quantitative estimate of drug-likeness (QED) is 0.419. The van der Waals surface area contributed by atoms with Crippen LogP contribution in [0.1, 0.15) is 10.4 Å². The lowest BCUT2D eigenvalue weighted by Crippen LogP contribution is -2.59. The minimum absolute atomic E-state index is 0.0283. The number of ether oxygens (including phenoxy) is 2. The van der Waals surface area contributed by atoms with Crippen LogP contribution >= 0.6 is 0 Å². The van der Waals surface area contributed by atoms with E-state index in [0.29, 0.717) is 0 Å². The topological polar surface area (TPSA) is 137 Å². The zero-order valence-corrected chi connectivity index (χ0v) is 10.9. The van der Waals surface area contributed by atoms with Gasteiger partial charge in [-0.3, -0.25) is 0 Å². The van der Waals surface area contributed by atoms with Crippen LogP contribution in [-0.2, 0) is 9.47 Å². The highest BCUT2D eigenvalue weighted by atomic mass is 16.7. The van der Waals surface area contributed by atoms with Crippen molar-refractivity contribution in [3.05, 3.63) is 29.8 Å². The highest BCUT2D eigenvalue weighted by Crippen LogP contribution is 2.23. The number of hydrogen-bond donors (Lipinski definition) is 5. The summed E-state index contributed by atoms with van der Waals surface area (Å²) in [6, 6.07) is 5.18. The van der Waals surface area contributed by atoms with Crippen molar-refractivity contribution < 1.29 is 39.8 Å². The molecule has 1 fully saturated rings.